The van der Waals surface area contributed by atoms with Gasteiger partial charge < -0.3 is 24.7 Å². The third-order valence-corrected chi connectivity index (χ3v) is 4.85. The van der Waals surface area contributed by atoms with E-state index in [9.17, 15) is 24.0 Å². The number of benzene rings is 2. The minimum Gasteiger partial charge on any atom is -0.494 e. The Balaban J connectivity index is 1.54. The van der Waals surface area contributed by atoms with Crippen molar-refractivity contribution >= 4 is 29.2 Å². The highest BCUT2D eigenvalue weighted by Gasteiger charge is 2.17. The van der Waals surface area contributed by atoms with Crippen molar-refractivity contribution in [3.8, 4) is 5.75 Å². The summed E-state index contributed by atoms with van der Waals surface area (Å²) in [7, 11) is 2.61. The Hall–Kier alpha value is -4.67. The SMILES string of the molecule is CCOc1ccc(NC(=O)c2ccc(NC(=O)COC(=O)c3cn(C)c(=O)n(C)c3=O)cc2)cc1. The molecule has 0 atom stereocenters. The van der Waals surface area contributed by atoms with Gasteiger partial charge in [-0.3, -0.25) is 19.0 Å². The van der Waals surface area contributed by atoms with Gasteiger partial charge in [-0.05, 0) is 55.5 Å². The number of anilines is 2. The topological polar surface area (TPSA) is 138 Å². The Morgan fingerprint density at radius 3 is 2.11 bits per heavy atom. The molecule has 0 unspecified atom stereocenters. The molecule has 0 saturated heterocycles. The molecule has 182 valence electrons. The Morgan fingerprint density at radius 2 is 1.49 bits per heavy atom. The van der Waals surface area contributed by atoms with Crippen molar-refractivity contribution < 1.29 is 23.9 Å². The van der Waals surface area contributed by atoms with Crippen LogP contribution >= 0.6 is 0 Å². The molecule has 35 heavy (non-hydrogen) atoms. The van der Waals surface area contributed by atoms with E-state index < -0.39 is 29.7 Å². The van der Waals surface area contributed by atoms with Gasteiger partial charge in [0.15, 0.2) is 6.61 Å². The normalized spacial score (nSPS) is 10.4. The summed E-state index contributed by atoms with van der Waals surface area (Å²) in [5.74, 6) is -1.31. The summed E-state index contributed by atoms with van der Waals surface area (Å²) in [6, 6.07) is 13.1. The first-order valence-electron chi connectivity index (χ1n) is 10.6. The van der Waals surface area contributed by atoms with Gasteiger partial charge >= 0.3 is 11.7 Å². The van der Waals surface area contributed by atoms with E-state index >= 15 is 0 Å². The first-order chi connectivity index (χ1) is 16.7. The summed E-state index contributed by atoms with van der Waals surface area (Å²) in [5.41, 5.74) is -0.440. The van der Waals surface area contributed by atoms with Gasteiger partial charge in [-0.2, -0.15) is 0 Å². The molecule has 3 rings (SSSR count). The number of hydrogen-bond donors (Lipinski definition) is 2. The second-order valence-corrected chi connectivity index (χ2v) is 7.41. The van der Waals surface area contributed by atoms with E-state index in [0.717, 1.165) is 15.3 Å². The Bertz CT molecular complexity index is 1360. The summed E-state index contributed by atoms with van der Waals surface area (Å²) < 4.78 is 12.1. The number of ether oxygens (including phenoxy) is 2. The highest BCUT2D eigenvalue weighted by Crippen LogP contribution is 2.17. The molecule has 2 aromatic carbocycles. The van der Waals surface area contributed by atoms with Gasteiger partial charge in [0.2, 0.25) is 0 Å². The summed E-state index contributed by atoms with van der Waals surface area (Å²) in [6.07, 6.45) is 1.06. The second-order valence-electron chi connectivity index (χ2n) is 7.41. The van der Waals surface area contributed by atoms with Crippen LogP contribution < -0.4 is 26.6 Å². The molecule has 2 amide bonds. The van der Waals surface area contributed by atoms with Gasteiger partial charge in [0.1, 0.15) is 11.3 Å². The average molecular weight is 480 g/mol. The van der Waals surface area contributed by atoms with E-state index in [4.69, 9.17) is 9.47 Å². The highest BCUT2D eigenvalue weighted by atomic mass is 16.5. The molecule has 11 nitrogen and oxygen atoms in total. The zero-order valence-corrected chi connectivity index (χ0v) is 19.4. The van der Waals surface area contributed by atoms with Crippen molar-refractivity contribution in [3.05, 3.63) is 86.7 Å². The van der Waals surface area contributed by atoms with Crippen LogP contribution in [0.4, 0.5) is 11.4 Å². The van der Waals surface area contributed by atoms with Gasteiger partial charge in [-0.1, -0.05) is 0 Å². The number of nitrogens with zero attached hydrogens (tertiary/aromatic N) is 2. The lowest BCUT2D eigenvalue weighted by atomic mass is 10.2. The van der Waals surface area contributed by atoms with E-state index in [-0.39, 0.29) is 11.5 Å². The molecule has 0 aliphatic rings. The van der Waals surface area contributed by atoms with Gasteiger partial charge in [0, 0.05) is 37.2 Å². The number of carbonyl (C=O) groups is 3. The number of rotatable bonds is 8. The molecule has 0 radical (unpaired) electrons. The fraction of sp³-hybridized carbons (Fsp3) is 0.208. The molecule has 0 fully saturated rings. The number of nitrogens with one attached hydrogen (secondary N) is 2. The quantitative estimate of drug-likeness (QED) is 0.466. The minimum absolute atomic E-state index is 0.334. The Morgan fingerprint density at radius 1 is 0.886 bits per heavy atom. The van der Waals surface area contributed by atoms with Crippen LogP contribution in [0.25, 0.3) is 0 Å². The standard InChI is InChI=1S/C24H24N4O7/c1-4-34-18-11-9-17(10-12-18)26-21(30)15-5-7-16(8-6-15)25-20(29)14-35-23(32)19-13-27(2)24(33)28(3)22(19)31/h5-13H,4,14H2,1-3H3,(H,25,29)(H,26,30). The zero-order chi connectivity index (χ0) is 25.5. The van der Waals surface area contributed by atoms with Crippen molar-refractivity contribution in [2.24, 2.45) is 14.1 Å². The van der Waals surface area contributed by atoms with Gasteiger partial charge in [-0.25, -0.2) is 9.59 Å². The highest BCUT2D eigenvalue weighted by molar-refractivity contribution is 6.04. The predicted octanol–water partition coefficient (Wildman–Crippen LogP) is 1.53. The van der Waals surface area contributed by atoms with Crippen LogP contribution in [0.5, 0.6) is 5.75 Å². The average Bonchev–Trinajstić information content (AvgIpc) is 2.85. The monoisotopic (exact) mass is 480 g/mol. The summed E-state index contributed by atoms with van der Waals surface area (Å²) in [5, 5.41) is 5.29. The summed E-state index contributed by atoms with van der Waals surface area (Å²) in [4.78, 5) is 60.5. The zero-order valence-electron chi connectivity index (χ0n) is 19.4. The van der Waals surface area contributed by atoms with Crippen molar-refractivity contribution in [1.82, 2.24) is 9.13 Å². The number of carbonyl (C=O) groups excluding carboxylic acids is 3. The maximum Gasteiger partial charge on any atom is 0.345 e. The van der Waals surface area contributed by atoms with E-state index in [2.05, 4.69) is 10.6 Å². The minimum atomic E-state index is -1.03. The van der Waals surface area contributed by atoms with Crippen molar-refractivity contribution in [3.63, 3.8) is 0 Å². The molecule has 0 bridgehead atoms. The maximum absolute atomic E-state index is 12.4. The smallest absolute Gasteiger partial charge is 0.345 e. The maximum atomic E-state index is 12.4. The van der Waals surface area contributed by atoms with E-state index in [1.54, 1.807) is 24.3 Å². The molecule has 1 aromatic heterocycles. The van der Waals surface area contributed by atoms with Gasteiger partial charge in [0.05, 0.1) is 6.61 Å². The molecule has 11 heteroatoms. The van der Waals surface area contributed by atoms with Crippen LogP contribution in [0.2, 0.25) is 0 Å². The van der Waals surface area contributed by atoms with E-state index in [0.29, 0.717) is 29.3 Å². The molecular weight excluding hydrogens is 456 g/mol. The summed E-state index contributed by atoms with van der Waals surface area (Å²) in [6.45, 7) is 1.78. The van der Waals surface area contributed by atoms with Crippen LogP contribution in [0, 0.1) is 0 Å². The lowest BCUT2D eigenvalue weighted by molar-refractivity contribution is -0.119. The van der Waals surface area contributed by atoms with Crippen molar-refractivity contribution in [2.75, 3.05) is 23.8 Å². The Kier molecular flexibility index (Phi) is 7.82. The van der Waals surface area contributed by atoms with Gasteiger partial charge in [0.25, 0.3) is 17.4 Å². The van der Waals surface area contributed by atoms with E-state index in [1.165, 1.54) is 38.4 Å². The number of amides is 2. The second kappa shape index (κ2) is 11.0. The number of aromatic nitrogens is 2. The Labute approximate surface area is 199 Å². The van der Waals surface area contributed by atoms with Crippen LogP contribution in [-0.4, -0.2) is 40.1 Å². The van der Waals surface area contributed by atoms with Crippen molar-refractivity contribution in [2.45, 2.75) is 6.92 Å². The van der Waals surface area contributed by atoms with E-state index in [1.807, 2.05) is 6.92 Å². The van der Waals surface area contributed by atoms with Crippen LogP contribution in [0.1, 0.15) is 27.6 Å². The molecule has 0 saturated carbocycles. The number of aryl methyl sites for hydroxylation is 1. The molecule has 2 N–H and O–H groups in total. The lowest BCUT2D eigenvalue weighted by Crippen LogP contribution is -2.40. The van der Waals surface area contributed by atoms with Crippen molar-refractivity contribution in [1.29, 1.82) is 0 Å². The molecular formula is C24H24N4O7. The first kappa shape index (κ1) is 25.0. The number of hydrogen-bond acceptors (Lipinski definition) is 7. The largest absolute Gasteiger partial charge is 0.494 e. The molecule has 0 aliphatic heterocycles. The first-order valence-corrected chi connectivity index (χ1v) is 10.6. The fourth-order valence-electron chi connectivity index (χ4n) is 3.06. The third-order valence-electron chi connectivity index (χ3n) is 4.85. The lowest BCUT2D eigenvalue weighted by Gasteiger charge is -2.09. The third kappa shape index (κ3) is 6.22. The van der Waals surface area contributed by atoms with Crippen LogP contribution in [0.15, 0.2) is 64.3 Å². The molecule has 1 heterocycles. The fourth-order valence-corrected chi connectivity index (χ4v) is 3.06. The molecule has 0 aliphatic carbocycles. The summed E-state index contributed by atoms with van der Waals surface area (Å²) >= 11 is 0. The molecule has 3 aromatic rings. The van der Waals surface area contributed by atoms with Crippen LogP contribution in [-0.2, 0) is 23.6 Å². The van der Waals surface area contributed by atoms with Gasteiger partial charge in [-0.15, -0.1) is 0 Å². The molecule has 0 spiro atoms. The number of esters is 1. The van der Waals surface area contributed by atoms with Crippen LogP contribution in [0.3, 0.4) is 0 Å². The predicted molar refractivity (Wildman–Crippen MR) is 128 cm³/mol.